The summed E-state index contributed by atoms with van der Waals surface area (Å²) in [6.07, 6.45) is -5.60. The second kappa shape index (κ2) is 4.01. The first-order valence-corrected chi connectivity index (χ1v) is 5.06. The van der Waals surface area contributed by atoms with Crippen LogP contribution in [-0.2, 0) is 5.92 Å². The molecule has 7 heteroatoms. The molecule has 0 saturated carbocycles. The zero-order valence-corrected chi connectivity index (χ0v) is 9.97. The van der Waals surface area contributed by atoms with Gasteiger partial charge in [0.25, 0.3) is 0 Å². The highest BCUT2D eigenvalue weighted by Crippen LogP contribution is 2.44. The number of rotatable bonds is 1. The predicted molar refractivity (Wildman–Crippen MR) is 50.6 cm³/mol. The monoisotopic (exact) mass is 351 g/mol. The summed E-state index contributed by atoms with van der Waals surface area (Å²) in [5.41, 5.74) is -1.13. The van der Waals surface area contributed by atoms with Crippen LogP contribution in [0, 0.1) is 6.07 Å². The Labute approximate surface area is 98.7 Å². The Morgan fingerprint density at radius 2 is 1.33 bits per heavy atom. The summed E-state index contributed by atoms with van der Waals surface area (Å²) in [5.74, 6) is -4.87. The molecule has 0 aliphatic carbocycles. The van der Waals surface area contributed by atoms with Crippen molar-refractivity contribution in [3.05, 3.63) is 32.7 Å². The minimum Gasteiger partial charge on any atom is -0.191 e. The minimum absolute atomic E-state index is 0.0239. The molecular formula is C8H2Br2F5. The van der Waals surface area contributed by atoms with Crippen molar-refractivity contribution in [3.8, 4) is 0 Å². The molecule has 1 aromatic carbocycles. The Hall–Kier alpha value is -0.170. The third-order valence-electron chi connectivity index (χ3n) is 1.52. The average Bonchev–Trinajstić information content (AvgIpc) is 1.99. The van der Waals surface area contributed by atoms with Crippen LogP contribution >= 0.6 is 31.9 Å². The Bertz CT molecular complexity index is 352. The van der Waals surface area contributed by atoms with Crippen molar-refractivity contribution in [2.24, 2.45) is 0 Å². The van der Waals surface area contributed by atoms with Gasteiger partial charge in [0, 0.05) is 20.6 Å². The molecule has 0 aliphatic rings. The van der Waals surface area contributed by atoms with Crippen molar-refractivity contribution >= 4 is 31.9 Å². The third kappa shape index (κ3) is 2.69. The van der Waals surface area contributed by atoms with Gasteiger partial charge in [0.2, 0.25) is 0 Å². The van der Waals surface area contributed by atoms with E-state index in [1.165, 1.54) is 0 Å². The standard InChI is InChI=1S/C8H2Br2F5/c9-5-1-4(2-6(10)3-5)7(11,12)8(13,14)15/h1-2H. The lowest BCUT2D eigenvalue weighted by atomic mass is 10.1. The summed E-state index contributed by atoms with van der Waals surface area (Å²) in [5, 5.41) is 0. The molecule has 0 aliphatic heterocycles. The molecule has 0 nitrogen and oxygen atoms in total. The lowest BCUT2D eigenvalue weighted by Crippen LogP contribution is -2.33. The van der Waals surface area contributed by atoms with E-state index in [1.54, 1.807) is 0 Å². The summed E-state index contributed by atoms with van der Waals surface area (Å²) >= 11 is 5.57. The van der Waals surface area contributed by atoms with Gasteiger partial charge in [0.05, 0.1) is 0 Å². The van der Waals surface area contributed by atoms with Crippen LogP contribution in [0.3, 0.4) is 0 Å². The second-order valence-corrected chi connectivity index (χ2v) is 4.35. The topological polar surface area (TPSA) is 0 Å². The molecule has 0 atom stereocenters. The highest BCUT2D eigenvalue weighted by atomic mass is 79.9. The Balaban J connectivity index is 3.27. The summed E-state index contributed by atoms with van der Waals surface area (Å²) in [7, 11) is 0. The largest absolute Gasteiger partial charge is 0.458 e. The summed E-state index contributed by atoms with van der Waals surface area (Å²) in [6, 6.07) is 3.82. The fraction of sp³-hybridized carbons (Fsp3) is 0.250. The summed E-state index contributed by atoms with van der Waals surface area (Å²) in [4.78, 5) is 0. The average molecular weight is 353 g/mol. The molecule has 1 radical (unpaired) electrons. The van der Waals surface area contributed by atoms with Gasteiger partial charge in [-0.25, -0.2) is 0 Å². The molecule has 83 valence electrons. The fourth-order valence-corrected chi connectivity index (χ4v) is 2.03. The van der Waals surface area contributed by atoms with Crippen molar-refractivity contribution in [2.45, 2.75) is 12.1 Å². The van der Waals surface area contributed by atoms with Crippen molar-refractivity contribution in [1.82, 2.24) is 0 Å². The van der Waals surface area contributed by atoms with E-state index < -0.39 is 17.7 Å². The van der Waals surface area contributed by atoms with Crippen molar-refractivity contribution in [1.29, 1.82) is 0 Å². The number of hydrogen-bond donors (Lipinski definition) is 0. The molecule has 0 bridgehead atoms. The van der Waals surface area contributed by atoms with Crippen LogP contribution in [-0.4, -0.2) is 6.18 Å². The summed E-state index contributed by atoms with van der Waals surface area (Å²) < 4.78 is 61.7. The zero-order chi connectivity index (χ0) is 11.9. The van der Waals surface area contributed by atoms with E-state index in [4.69, 9.17) is 0 Å². The Morgan fingerprint density at radius 3 is 1.67 bits per heavy atom. The maximum atomic E-state index is 12.8. The van der Waals surface area contributed by atoms with Gasteiger partial charge in [0.1, 0.15) is 0 Å². The molecule has 1 aromatic rings. The molecular weight excluding hydrogens is 351 g/mol. The van der Waals surface area contributed by atoms with E-state index in [1.807, 2.05) is 0 Å². The predicted octanol–water partition coefficient (Wildman–Crippen LogP) is 4.67. The van der Waals surface area contributed by atoms with Gasteiger partial charge in [-0.15, -0.1) is 0 Å². The zero-order valence-electron chi connectivity index (χ0n) is 6.80. The smallest absolute Gasteiger partial charge is 0.191 e. The number of alkyl halides is 5. The van der Waals surface area contributed by atoms with Gasteiger partial charge in [-0.05, 0) is 12.1 Å². The molecule has 0 heterocycles. The molecule has 0 fully saturated rings. The lowest BCUT2D eigenvalue weighted by Gasteiger charge is -2.20. The minimum atomic E-state index is -5.60. The van der Waals surface area contributed by atoms with Crippen LogP contribution in [0.2, 0.25) is 0 Å². The van der Waals surface area contributed by atoms with Crippen LogP contribution in [0.1, 0.15) is 5.56 Å². The molecule has 0 saturated heterocycles. The van der Waals surface area contributed by atoms with Gasteiger partial charge < -0.3 is 0 Å². The number of benzene rings is 1. The molecule has 0 spiro atoms. The molecule has 0 unspecified atom stereocenters. The maximum absolute atomic E-state index is 12.8. The molecule has 15 heavy (non-hydrogen) atoms. The first-order chi connectivity index (χ1) is 6.64. The van der Waals surface area contributed by atoms with E-state index in [2.05, 4.69) is 37.9 Å². The third-order valence-corrected chi connectivity index (χ3v) is 2.38. The first-order valence-electron chi connectivity index (χ1n) is 3.48. The quantitative estimate of drug-likeness (QED) is 0.644. The highest BCUT2D eigenvalue weighted by molar-refractivity contribution is 9.11. The van der Waals surface area contributed by atoms with Gasteiger partial charge in [-0.3, -0.25) is 0 Å². The van der Waals surface area contributed by atoms with E-state index in [9.17, 15) is 22.0 Å². The number of hydrogen-bond acceptors (Lipinski definition) is 0. The SMILES string of the molecule is FC(F)(F)C(F)(F)c1cc(Br)[c]c(Br)c1. The van der Waals surface area contributed by atoms with Gasteiger partial charge in [0.15, 0.2) is 0 Å². The van der Waals surface area contributed by atoms with E-state index in [-0.39, 0.29) is 8.95 Å². The fourth-order valence-electron chi connectivity index (χ4n) is 0.846. The van der Waals surface area contributed by atoms with Gasteiger partial charge in [-0.1, -0.05) is 31.9 Å². The normalized spacial score (nSPS) is 13.0. The van der Waals surface area contributed by atoms with Crippen LogP contribution < -0.4 is 0 Å². The molecule has 0 aromatic heterocycles. The maximum Gasteiger partial charge on any atom is 0.458 e. The second-order valence-electron chi connectivity index (χ2n) is 2.64. The van der Waals surface area contributed by atoms with Crippen molar-refractivity contribution in [2.75, 3.05) is 0 Å². The Morgan fingerprint density at radius 1 is 0.933 bits per heavy atom. The van der Waals surface area contributed by atoms with Gasteiger partial charge in [-0.2, -0.15) is 22.0 Å². The lowest BCUT2D eigenvalue weighted by molar-refractivity contribution is -0.289. The van der Waals surface area contributed by atoms with Crippen LogP contribution in [0.15, 0.2) is 21.1 Å². The molecule has 0 N–H and O–H groups in total. The highest BCUT2D eigenvalue weighted by Gasteiger charge is 2.58. The first kappa shape index (κ1) is 12.9. The van der Waals surface area contributed by atoms with E-state index in [0.29, 0.717) is 12.1 Å². The molecule has 0 amide bonds. The van der Waals surface area contributed by atoms with Crippen LogP contribution in [0.25, 0.3) is 0 Å². The van der Waals surface area contributed by atoms with Crippen LogP contribution in [0.5, 0.6) is 0 Å². The van der Waals surface area contributed by atoms with E-state index in [0.717, 1.165) is 0 Å². The van der Waals surface area contributed by atoms with E-state index >= 15 is 0 Å². The number of halogens is 7. The van der Waals surface area contributed by atoms with Crippen molar-refractivity contribution in [3.63, 3.8) is 0 Å². The summed E-state index contributed by atoms with van der Waals surface area (Å²) in [6.45, 7) is 0. The van der Waals surface area contributed by atoms with Crippen LogP contribution in [0.4, 0.5) is 22.0 Å². The van der Waals surface area contributed by atoms with Gasteiger partial charge >= 0.3 is 12.1 Å². The van der Waals surface area contributed by atoms with Crippen molar-refractivity contribution < 1.29 is 22.0 Å². The molecule has 1 rings (SSSR count). The Kier molecular flexibility index (Phi) is 3.45.